The number of hydrogen-bond donors (Lipinski definition) is 0. The zero-order valence-corrected chi connectivity index (χ0v) is 44.3. The number of nitrogens with zero attached hydrogens (tertiary/aromatic N) is 1. The third-order valence-corrected chi connectivity index (χ3v) is 12.1. The Kier molecular flexibility index (Phi) is 47.6. The molecule has 0 saturated carbocycles. The molecule has 0 aromatic rings. The van der Waals surface area contributed by atoms with Gasteiger partial charge in [-0.1, -0.05) is 210 Å². The van der Waals surface area contributed by atoms with Crippen LogP contribution in [0.5, 0.6) is 0 Å². The number of rotatable bonds is 51. The van der Waals surface area contributed by atoms with Crippen molar-refractivity contribution in [3.63, 3.8) is 0 Å². The number of quaternary nitrogens is 1. The van der Waals surface area contributed by atoms with E-state index >= 15 is 0 Å². The van der Waals surface area contributed by atoms with Crippen molar-refractivity contribution in [2.75, 3.05) is 47.5 Å². The van der Waals surface area contributed by atoms with Crippen LogP contribution in [0, 0.1) is 0 Å². The zero-order valence-electron chi connectivity index (χ0n) is 44.3. The maximum atomic E-state index is 12.8. The minimum atomic E-state index is -1.63. The van der Waals surface area contributed by atoms with Crippen molar-refractivity contribution >= 4 is 17.9 Å². The van der Waals surface area contributed by atoms with E-state index in [1.54, 1.807) is 0 Å². The summed E-state index contributed by atoms with van der Waals surface area (Å²) in [4.78, 5) is 37.2. The second-order valence-corrected chi connectivity index (χ2v) is 19.8. The number of aliphatic carboxylic acids is 1. The van der Waals surface area contributed by atoms with Gasteiger partial charge in [-0.25, -0.2) is 0 Å². The Bertz CT molecular complexity index is 1240. The van der Waals surface area contributed by atoms with E-state index in [2.05, 4.69) is 62.5 Å². The van der Waals surface area contributed by atoms with Crippen LogP contribution in [0.4, 0.5) is 0 Å². The normalized spacial score (nSPS) is 13.1. The maximum Gasteiger partial charge on any atom is 0.306 e. The predicted octanol–water partition coefficient (Wildman–Crippen LogP) is 14.6. The van der Waals surface area contributed by atoms with E-state index in [1.807, 2.05) is 21.1 Å². The van der Waals surface area contributed by atoms with Crippen LogP contribution in [-0.4, -0.2) is 82.3 Å². The molecule has 0 bridgehead atoms. The lowest BCUT2D eigenvalue weighted by Crippen LogP contribution is -2.44. The summed E-state index contributed by atoms with van der Waals surface area (Å²) in [6, 6.07) is 0. The molecule has 0 heterocycles. The molecule has 0 aromatic heterocycles. The molecular weight excluding hydrogens is 839 g/mol. The summed E-state index contributed by atoms with van der Waals surface area (Å²) >= 11 is 0. The van der Waals surface area contributed by atoms with Gasteiger partial charge in [-0.15, -0.1) is 0 Å². The smallest absolute Gasteiger partial charge is 0.306 e. The molecule has 0 aromatic carbocycles. The van der Waals surface area contributed by atoms with Crippen LogP contribution in [0.1, 0.15) is 245 Å². The monoisotopic (exact) mass is 944 g/mol. The van der Waals surface area contributed by atoms with Crippen molar-refractivity contribution < 1.29 is 42.9 Å². The Labute approximate surface area is 412 Å². The SMILES string of the molecule is CC/C=C\C/C=C\C/C=C\CCCCCCCC(=O)OC(COC(=O)CCCCCCCCCCCCCCCCC/C=C\CCCCCCCCCC)COC(OCC[N+](C)(C)C)C(=O)[O-]. The van der Waals surface area contributed by atoms with E-state index in [9.17, 15) is 19.5 Å². The first-order valence-electron chi connectivity index (χ1n) is 27.8. The third-order valence-electron chi connectivity index (χ3n) is 12.1. The molecule has 0 aliphatic carbocycles. The molecule has 9 heteroatoms. The number of esters is 2. The summed E-state index contributed by atoms with van der Waals surface area (Å²) in [5.41, 5.74) is 0. The van der Waals surface area contributed by atoms with E-state index in [0.717, 1.165) is 70.6 Å². The molecule has 0 aliphatic rings. The lowest BCUT2D eigenvalue weighted by molar-refractivity contribution is -0.870. The van der Waals surface area contributed by atoms with E-state index in [4.69, 9.17) is 18.9 Å². The third kappa shape index (κ3) is 50.9. The van der Waals surface area contributed by atoms with Gasteiger partial charge in [0, 0.05) is 12.8 Å². The Hall–Kier alpha value is -2.75. The van der Waals surface area contributed by atoms with Gasteiger partial charge in [0.1, 0.15) is 13.2 Å². The van der Waals surface area contributed by atoms with Crippen molar-refractivity contribution in [3.8, 4) is 0 Å². The average molecular weight is 944 g/mol. The minimum absolute atomic E-state index is 0.144. The summed E-state index contributed by atoms with van der Waals surface area (Å²) in [6.45, 7) is 4.63. The summed E-state index contributed by atoms with van der Waals surface area (Å²) in [5, 5.41) is 11.7. The molecule has 0 saturated heterocycles. The lowest BCUT2D eigenvalue weighted by atomic mass is 10.0. The molecule has 0 N–H and O–H groups in total. The van der Waals surface area contributed by atoms with Crippen LogP contribution in [0.3, 0.4) is 0 Å². The van der Waals surface area contributed by atoms with E-state index in [0.29, 0.717) is 17.4 Å². The van der Waals surface area contributed by atoms with Crippen LogP contribution < -0.4 is 5.11 Å². The highest BCUT2D eigenvalue weighted by atomic mass is 16.7. The molecule has 2 unspecified atom stereocenters. The quantitative estimate of drug-likeness (QED) is 0.0195. The number of allylic oxidation sites excluding steroid dienone is 8. The minimum Gasteiger partial charge on any atom is -0.545 e. The lowest BCUT2D eigenvalue weighted by Gasteiger charge is -2.26. The largest absolute Gasteiger partial charge is 0.545 e. The van der Waals surface area contributed by atoms with Crippen molar-refractivity contribution in [2.45, 2.75) is 257 Å². The summed E-state index contributed by atoms with van der Waals surface area (Å²) in [7, 11) is 5.91. The van der Waals surface area contributed by atoms with Crippen molar-refractivity contribution in [1.82, 2.24) is 0 Å². The summed E-state index contributed by atoms with van der Waals surface area (Å²) < 4.78 is 22.6. The van der Waals surface area contributed by atoms with Crippen molar-refractivity contribution in [2.24, 2.45) is 0 Å². The molecule has 0 amide bonds. The number of likely N-dealkylation sites (N-methyl/N-ethyl adjacent to an activating group) is 1. The van der Waals surface area contributed by atoms with Crippen LogP contribution in [0.25, 0.3) is 0 Å². The van der Waals surface area contributed by atoms with Gasteiger partial charge in [0.25, 0.3) is 0 Å². The number of hydrogen-bond acceptors (Lipinski definition) is 8. The second-order valence-electron chi connectivity index (χ2n) is 19.8. The van der Waals surface area contributed by atoms with Crippen LogP contribution >= 0.6 is 0 Å². The van der Waals surface area contributed by atoms with Gasteiger partial charge in [0.2, 0.25) is 0 Å². The van der Waals surface area contributed by atoms with Crippen molar-refractivity contribution in [1.29, 1.82) is 0 Å². The highest BCUT2D eigenvalue weighted by Crippen LogP contribution is 2.16. The number of carboxylic acids is 1. The van der Waals surface area contributed by atoms with Crippen LogP contribution in [0.2, 0.25) is 0 Å². The topological polar surface area (TPSA) is 111 Å². The first kappa shape index (κ1) is 64.2. The molecule has 0 radical (unpaired) electrons. The van der Waals surface area contributed by atoms with Gasteiger partial charge in [0.15, 0.2) is 12.4 Å². The van der Waals surface area contributed by atoms with E-state index in [-0.39, 0.29) is 38.6 Å². The number of ether oxygens (including phenoxy) is 4. The number of carboxylic acid groups (broad SMARTS) is 1. The molecule has 0 rings (SSSR count). The van der Waals surface area contributed by atoms with Crippen LogP contribution in [-0.2, 0) is 33.3 Å². The molecule has 390 valence electrons. The Morgan fingerprint density at radius 2 is 0.851 bits per heavy atom. The van der Waals surface area contributed by atoms with E-state index in [1.165, 1.54) is 141 Å². The maximum absolute atomic E-state index is 12.8. The Morgan fingerprint density at radius 1 is 0.463 bits per heavy atom. The van der Waals surface area contributed by atoms with Gasteiger partial charge in [0.05, 0.1) is 40.3 Å². The average Bonchev–Trinajstić information content (AvgIpc) is 3.29. The first-order chi connectivity index (χ1) is 32.6. The van der Waals surface area contributed by atoms with Gasteiger partial charge < -0.3 is 33.3 Å². The van der Waals surface area contributed by atoms with Crippen LogP contribution in [0.15, 0.2) is 48.6 Å². The molecule has 0 aliphatic heterocycles. The highest BCUT2D eigenvalue weighted by molar-refractivity contribution is 5.70. The van der Waals surface area contributed by atoms with Gasteiger partial charge >= 0.3 is 11.9 Å². The highest BCUT2D eigenvalue weighted by Gasteiger charge is 2.22. The number of carbonyl (C=O) groups excluding carboxylic acids is 3. The van der Waals surface area contributed by atoms with Gasteiger partial charge in [-0.05, 0) is 70.6 Å². The Morgan fingerprint density at radius 3 is 1.28 bits per heavy atom. The molecule has 67 heavy (non-hydrogen) atoms. The molecule has 2 atom stereocenters. The summed E-state index contributed by atoms with van der Waals surface area (Å²) in [5.74, 6) is -2.30. The fourth-order valence-electron chi connectivity index (χ4n) is 7.78. The molecular formula is C58H105NO8. The Balaban J connectivity index is 4.18. The standard InChI is InChI=1S/C58H105NO8/c1-6-8-10-12-14-16-18-20-22-23-24-25-26-27-28-29-30-31-32-33-35-36-38-40-42-44-46-48-55(60)65-52-54(53-66-58(57(62)63)64-51-50-59(3,4)5)67-56(61)49-47-45-43-41-39-37-34-21-19-17-15-13-11-9-7-2/h9,11,15,17,21,23-24,34,54,58H,6-8,10,12-14,16,18-20,22,25-33,35-53H2,1-5H3/b11-9-,17-15-,24-23-,34-21-. The van der Waals surface area contributed by atoms with Gasteiger partial charge in [-0.3, -0.25) is 9.59 Å². The second kappa shape index (κ2) is 49.7. The molecule has 0 spiro atoms. The fourth-order valence-corrected chi connectivity index (χ4v) is 7.78. The summed E-state index contributed by atoms with van der Waals surface area (Å²) in [6.07, 6.45) is 57.4. The number of unbranched alkanes of at least 4 members (excludes halogenated alkanes) is 28. The van der Waals surface area contributed by atoms with E-state index < -0.39 is 24.3 Å². The van der Waals surface area contributed by atoms with Crippen molar-refractivity contribution in [3.05, 3.63) is 48.6 Å². The molecule has 0 fully saturated rings. The van der Waals surface area contributed by atoms with Gasteiger partial charge in [-0.2, -0.15) is 0 Å². The first-order valence-corrected chi connectivity index (χ1v) is 27.8. The number of carbonyl (C=O) groups is 3. The fraction of sp³-hybridized carbons (Fsp3) is 0.810. The zero-order chi connectivity index (χ0) is 49.2. The molecule has 9 nitrogen and oxygen atoms in total. The predicted molar refractivity (Wildman–Crippen MR) is 279 cm³/mol.